The zero-order valence-corrected chi connectivity index (χ0v) is 12.5. The van der Waals surface area contributed by atoms with E-state index < -0.39 is 0 Å². The summed E-state index contributed by atoms with van der Waals surface area (Å²) in [6, 6.07) is 11.0. The summed E-state index contributed by atoms with van der Waals surface area (Å²) in [5, 5.41) is 0. The topological polar surface area (TPSA) is 21.3 Å². The van der Waals surface area contributed by atoms with Crippen LogP contribution in [-0.4, -0.2) is 5.60 Å². The highest BCUT2D eigenvalue weighted by molar-refractivity contribution is 5.19. The van der Waals surface area contributed by atoms with Crippen molar-refractivity contribution in [3.8, 4) is 0 Å². The molecule has 1 atom stereocenters. The predicted octanol–water partition coefficient (Wildman–Crippen LogP) is 4.63. The van der Waals surface area contributed by atoms with Crippen molar-refractivity contribution in [1.82, 2.24) is 5.48 Å². The molecule has 1 aromatic carbocycles. The maximum absolute atomic E-state index is 5.85. The number of nitrogens with one attached hydrogen (secondary N) is 1. The van der Waals surface area contributed by atoms with E-state index in [1.807, 2.05) is 0 Å². The molecule has 1 aromatic rings. The second-order valence-corrected chi connectivity index (χ2v) is 6.62. The first-order chi connectivity index (χ1) is 9.06. The fraction of sp³-hybridized carbons (Fsp3) is 0.647. The Kier molecular flexibility index (Phi) is 5.00. The van der Waals surface area contributed by atoms with Crippen molar-refractivity contribution in [3.05, 3.63) is 35.9 Å². The van der Waals surface area contributed by atoms with Gasteiger partial charge in [-0.1, -0.05) is 49.6 Å². The minimum atomic E-state index is -0.151. The molecule has 0 saturated heterocycles. The van der Waals surface area contributed by atoms with E-state index in [0.717, 1.165) is 0 Å². The van der Waals surface area contributed by atoms with E-state index in [2.05, 4.69) is 56.6 Å². The summed E-state index contributed by atoms with van der Waals surface area (Å²) >= 11 is 0. The van der Waals surface area contributed by atoms with Crippen molar-refractivity contribution in [2.45, 2.75) is 64.5 Å². The number of hydroxylamine groups is 1. The molecule has 1 saturated carbocycles. The van der Waals surface area contributed by atoms with Gasteiger partial charge in [0.2, 0.25) is 0 Å². The number of hydrogen-bond acceptors (Lipinski definition) is 2. The number of hydrogen-bond donors (Lipinski definition) is 1. The molecule has 2 nitrogen and oxygen atoms in total. The lowest BCUT2D eigenvalue weighted by Gasteiger charge is -2.33. The van der Waals surface area contributed by atoms with Crippen LogP contribution in [0.5, 0.6) is 0 Å². The highest BCUT2D eigenvalue weighted by Gasteiger charge is 2.26. The Hall–Kier alpha value is -0.860. The van der Waals surface area contributed by atoms with Gasteiger partial charge in [-0.2, -0.15) is 5.48 Å². The second kappa shape index (κ2) is 6.53. The molecule has 0 aromatic heterocycles. The lowest BCUT2D eigenvalue weighted by molar-refractivity contribution is -0.0993. The Morgan fingerprint density at radius 1 is 1.05 bits per heavy atom. The number of benzene rings is 1. The average molecular weight is 261 g/mol. The minimum Gasteiger partial charge on any atom is -0.295 e. The predicted molar refractivity (Wildman–Crippen MR) is 79.7 cm³/mol. The zero-order valence-electron chi connectivity index (χ0n) is 12.5. The SMILES string of the molecule is CC(C)(C)ONC(c1ccccc1)C1CCCCC1. The lowest BCUT2D eigenvalue weighted by atomic mass is 9.81. The van der Waals surface area contributed by atoms with E-state index in [9.17, 15) is 0 Å². The molecule has 0 aliphatic heterocycles. The highest BCUT2D eigenvalue weighted by atomic mass is 16.7. The Morgan fingerprint density at radius 2 is 1.68 bits per heavy atom. The van der Waals surface area contributed by atoms with Crippen LogP contribution < -0.4 is 5.48 Å². The molecule has 1 aliphatic rings. The van der Waals surface area contributed by atoms with Gasteiger partial charge in [-0.15, -0.1) is 0 Å². The van der Waals surface area contributed by atoms with E-state index in [1.165, 1.54) is 37.7 Å². The first kappa shape index (κ1) is 14.5. The second-order valence-electron chi connectivity index (χ2n) is 6.62. The van der Waals surface area contributed by atoms with Crippen LogP contribution in [0.25, 0.3) is 0 Å². The van der Waals surface area contributed by atoms with Crippen LogP contribution >= 0.6 is 0 Å². The summed E-state index contributed by atoms with van der Waals surface area (Å²) in [6.07, 6.45) is 6.70. The van der Waals surface area contributed by atoms with Gasteiger partial charge in [0.25, 0.3) is 0 Å². The van der Waals surface area contributed by atoms with E-state index >= 15 is 0 Å². The van der Waals surface area contributed by atoms with Crippen LogP contribution in [0.2, 0.25) is 0 Å². The largest absolute Gasteiger partial charge is 0.295 e. The van der Waals surface area contributed by atoms with Crippen molar-refractivity contribution in [1.29, 1.82) is 0 Å². The van der Waals surface area contributed by atoms with E-state index in [4.69, 9.17) is 4.84 Å². The third kappa shape index (κ3) is 4.63. The quantitative estimate of drug-likeness (QED) is 0.798. The standard InChI is InChI=1S/C17H27NO/c1-17(2,3)19-18-16(14-10-6-4-7-11-14)15-12-8-5-9-13-15/h4,6-7,10-11,15-16,18H,5,8-9,12-13H2,1-3H3. The van der Waals surface area contributed by atoms with Crippen molar-refractivity contribution < 1.29 is 4.84 Å². The van der Waals surface area contributed by atoms with Gasteiger partial charge in [0.05, 0.1) is 11.6 Å². The summed E-state index contributed by atoms with van der Waals surface area (Å²) in [7, 11) is 0. The Morgan fingerprint density at radius 3 is 2.26 bits per heavy atom. The van der Waals surface area contributed by atoms with Gasteiger partial charge in [-0.05, 0) is 45.1 Å². The van der Waals surface area contributed by atoms with Crippen molar-refractivity contribution in [2.75, 3.05) is 0 Å². The maximum Gasteiger partial charge on any atom is 0.0813 e. The van der Waals surface area contributed by atoms with Crippen molar-refractivity contribution in [2.24, 2.45) is 5.92 Å². The zero-order chi connectivity index (χ0) is 13.7. The van der Waals surface area contributed by atoms with Gasteiger partial charge < -0.3 is 0 Å². The fourth-order valence-electron chi connectivity index (χ4n) is 2.80. The maximum atomic E-state index is 5.85. The van der Waals surface area contributed by atoms with Crippen molar-refractivity contribution in [3.63, 3.8) is 0 Å². The van der Waals surface area contributed by atoms with Crippen LogP contribution in [0, 0.1) is 5.92 Å². The Labute approximate surface area is 117 Å². The van der Waals surface area contributed by atoms with Crippen LogP contribution in [-0.2, 0) is 4.84 Å². The molecule has 0 amide bonds. The van der Waals surface area contributed by atoms with Crippen LogP contribution in [0.1, 0.15) is 64.5 Å². The van der Waals surface area contributed by atoms with Crippen LogP contribution in [0.3, 0.4) is 0 Å². The third-order valence-electron chi connectivity index (χ3n) is 3.77. The molecule has 2 rings (SSSR count). The molecule has 2 heteroatoms. The van der Waals surface area contributed by atoms with E-state index in [-0.39, 0.29) is 5.60 Å². The van der Waals surface area contributed by atoms with Gasteiger partial charge >= 0.3 is 0 Å². The highest BCUT2D eigenvalue weighted by Crippen LogP contribution is 2.34. The molecule has 0 radical (unpaired) electrons. The third-order valence-corrected chi connectivity index (χ3v) is 3.77. The fourth-order valence-corrected chi connectivity index (χ4v) is 2.80. The Bertz CT molecular complexity index is 363. The van der Waals surface area contributed by atoms with Crippen LogP contribution in [0.4, 0.5) is 0 Å². The monoisotopic (exact) mass is 261 g/mol. The summed E-state index contributed by atoms with van der Waals surface area (Å²) in [5.41, 5.74) is 4.54. The number of rotatable bonds is 4. The van der Waals surface area contributed by atoms with Gasteiger partial charge in [-0.25, -0.2) is 0 Å². The molecule has 106 valence electrons. The van der Waals surface area contributed by atoms with Crippen molar-refractivity contribution >= 4 is 0 Å². The summed E-state index contributed by atoms with van der Waals surface area (Å²) in [6.45, 7) is 6.26. The van der Waals surface area contributed by atoms with Gasteiger partial charge in [-0.3, -0.25) is 4.84 Å². The first-order valence-corrected chi connectivity index (χ1v) is 7.55. The Balaban J connectivity index is 2.08. The lowest BCUT2D eigenvalue weighted by Crippen LogP contribution is -2.36. The molecule has 1 aliphatic carbocycles. The molecule has 0 heterocycles. The molecular weight excluding hydrogens is 234 g/mol. The molecule has 0 bridgehead atoms. The van der Waals surface area contributed by atoms with E-state index in [0.29, 0.717) is 12.0 Å². The average Bonchev–Trinajstić information content (AvgIpc) is 2.40. The summed E-state index contributed by atoms with van der Waals surface area (Å²) in [4.78, 5) is 5.85. The minimum absolute atomic E-state index is 0.151. The van der Waals surface area contributed by atoms with Crippen LogP contribution in [0.15, 0.2) is 30.3 Å². The summed E-state index contributed by atoms with van der Waals surface area (Å²) in [5.74, 6) is 0.693. The van der Waals surface area contributed by atoms with Gasteiger partial charge in [0, 0.05) is 0 Å². The van der Waals surface area contributed by atoms with Gasteiger partial charge in [0.15, 0.2) is 0 Å². The summed E-state index contributed by atoms with van der Waals surface area (Å²) < 4.78 is 0. The molecular formula is C17H27NO. The molecule has 1 N–H and O–H groups in total. The smallest absolute Gasteiger partial charge is 0.0813 e. The molecule has 19 heavy (non-hydrogen) atoms. The molecule has 0 spiro atoms. The van der Waals surface area contributed by atoms with E-state index in [1.54, 1.807) is 0 Å². The molecule has 1 fully saturated rings. The normalized spacial score (nSPS) is 19.3. The first-order valence-electron chi connectivity index (χ1n) is 7.55. The molecule has 1 unspecified atom stereocenters. The van der Waals surface area contributed by atoms with Gasteiger partial charge in [0.1, 0.15) is 0 Å².